The Morgan fingerprint density at radius 1 is 1.24 bits per heavy atom. The topological polar surface area (TPSA) is 90.2 Å². The Morgan fingerprint density at radius 2 is 1.97 bits per heavy atom. The molecule has 1 atom stereocenters. The van der Waals surface area contributed by atoms with E-state index in [0.717, 1.165) is 22.3 Å². The first-order valence-corrected chi connectivity index (χ1v) is 13.0. The van der Waals surface area contributed by atoms with E-state index in [1.54, 1.807) is 6.08 Å². The van der Waals surface area contributed by atoms with Crippen LogP contribution in [0.4, 0.5) is 4.39 Å². The first-order chi connectivity index (χ1) is 16.4. The molecule has 1 fully saturated rings. The van der Waals surface area contributed by atoms with Crippen LogP contribution in [0.5, 0.6) is 11.5 Å². The molecule has 8 nitrogen and oxygen atoms in total. The van der Waals surface area contributed by atoms with E-state index in [1.165, 1.54) is 27.8 Å². The predicted molar refractivity (Wildman–Crippen MR) is 125 cm³/mol. The number of aromatic nitrogens is 1. The number of rotatable bonds is 5. The van der Waals surface area contributed by atoms with Crippen LogP contribution in [0.25, 0.3) is 10.2 Å². The number of amides is 1. The van der Waals surface area contributed by atoms with Crippen molar-refractivity contribution in [2.45, 2.75) is 24.3 Å². The van der Waals surface area contributed by atoms with Gasteiger partial charge >= 0.3 is 0 Å². The molecule has 3 heterocycles. The number of hydrogen-bond donors (Lipinski definition) is 0. The molecule has 11 heteroatoms. The number of allylic oxidation sites excluding steroid dienone is 1. The number of halogens is 1. The van der Waals surface area contributed by atoms with Crippen molar-refractivity contribution in [3.63, 3.8) is 0 Å². The fourth-order valence-corrected chi connectivity index (χ4v) is 6.73. The van der Waals surface area contributed by atoms with Crippen LogP contribution < -0.4 is 14.3 Å². The van der Waals surface area contributed by atoms with Crippen molar-refractivity contribution >= 4 is 37.5 Å². The van der Waals surface area contributed by atoms with Crippen molar-refractivity contribution < 1.29 is 27.1 Å². The Morgan fingerprint density at radius 3 is 2.71 bits per heavy atom. The van der Waals surface area contributed by atoms with Crippen LogP contribution in [0.1, 0.15) is 12.8 Å². The minimum Gasteiger partial charge on any atom is -0.454 e. The number of thiazole rings is 1. The summed E-state index contributed by atoms with van der Waals surface area (Å²) in [4.78, 5) is 18.0. The zero-order valence-electron chi connectivity index (χ0n) is 18.1. The van der Waals surface area contributed by atoms with Crippen molar-refractivity contribution in [3.05, 3.63) is 59.7 Å². The maximum Gasteiger partial charge on any atom is 0.252 e. The van der Waals surface area contributed by atoms with Crippen LogP contribution in [0, 0.1) is 11.7 Å². The highest BCUT2D eigenvalue weighted by Crippen LogP contribution is 2.37. The summed E-state index contributed by atoms with van der Waals surface area (Å²) in [6.45, 7) is 4.75. The van der Waals surface area contributed by atoms with Gasteiger partial charge < -0.3 is 14.0 Å². The minimum absolute atomic E-state index is 0.00440. The number of carbonyl (C=O) groups excluding carboxylic acids is 1. The number of fused-ring (bicyclic) bond motifs is 2. The van der Waals surface area contributed by atoms with Crippen LogP contribution in [0.2, 0.25) is 0 Å². The lowest BCUT2D eigenvalue weighted by Gasteiger charge is -2.30. The SMILES string of the molecule is C=CCn1c(=NC(=O)C2CCCN(S(=O)(=O)c3ccc(F)cc3)C2)sc2cc3c(cc21)OCO3. The van der Waals surface area contributed by atoms with Crippen LogP contribution in [0.15, 0.2) is 58.9 Å². The average Bonchev–Trinajstić information content (AvgIpc) is 3.42. The lowest BCUT2D eigenvalue weighted by molar-refractivity contribution is -0.122. The quantitative estimate of drug-likeness (QED) is 0.499. The largest absolute Gasteiger partial charge is 0.454 e. The molecule has 34 heavy (non-hydrogen) atoms. The fraction of sp³-hybridized carbons (Fsp3) is 0.304. The lowest BCUT2D eigenvalue weighted by Crippen LogP contribution is -2.42. The molecule has 2 aliphatic rings. The van der Waals surface area contributed by atoms with Crippen molar-refractivity contribution in [1.82, 2.24) is 8.87 Å². The number of nitrogens with zero attached hydrogens (tertiary/aromatic N) is 3. The van der Waals surface area contributed by atoms with Gasteiger partial charge in [0, 0.05) is 31.8 Å². The normalized spacial score (nSPS) is 19.0. The highest BCUT2D eigenvalue weighted by Gasteiger charge is 2.33. The maximum atomic E-state index is 13.2. The molecule has 0 spiro atoms. The summed E-state index contributed by atoms with van der Waals surface area (Å²) in [6, 6.07) is 8.42. The molecule has 0 radical (unpaired) electrons. The first kappa shape index (κ1) is 22.8. The van der Waals surface area contributed by atoms with Crippen molar-refractivity contribution in [1.29, 1.82) is 0 Å². The molecule has 5 rings (SSSR count). The molecule has 1 saturated heterocycles. The smallest absolute Gasteiger partial charge is 0.252 e. The van der Waals surface area contributed by atoms with Gasteiger partial charge in [-0.25, -0.2) is 12.8 Å². The Labute approximate surface area is 199 Å². The summed E-state index contributed by atoms with van der Waals surface area (Å²) in [5.41, 5.74) is 0.852. The number of benzene rings is 2. The standard InChI is InChI=1S/C23H22FN3O5S2/c1-2-9-27-18-11-19-20(32-14-31-19)12-21(18)33-23(27)25-22(28)15-4-3-10-26(13-15)34(29,30)17-7-5-16(24)6-8-17/h2,5-8,11-12,15H,1,3-4,9-10,13-14H2. The maximum absolute atomic E-state index is 13.2. The summed E-state index contributed by atoms with van der Waals surface area (Å²) in [7, 11) is -3.83. The van der Waals surface area contributed by atoms with E-state index in [4.69, 9.17) is 9.47 Å². The van der Waals surface area contributed by atoms with E-state index in [2.05, 4.69) is 11.6 Å². The molecule has 0 aliphatic carbocycles. The van der Waals surface area contributed by atoms with E-state index in [9.17, 15) is 17.6 Å². The molecule has 2 aliphatic heterocycles. The third kappa shape index (κ3) is 4.15. The number of piperidine rings is 1. The molecule has 3 aromatic rings. The Balaban J connectivity index is 1.44. The van der Waals surface area contributed by atoms with E-state index in [0.29, 0.717) is 42.2 Å². The Kier molecular flexibility index (Phi) is 6.00. The monoisotopic (exact) mass is 503 g/mol. The van der Waals surface area contributed by atoms with Gasteiger partial charge in [0.1, 0.15) is 5.82 Å². The van der Waals surface area contributed by atoms with Gasteiger partial charge in [-0.05, 0) is 37.1 Å². The highest BCUT2D eigenvalue weighted by molar-refractivity contribution is 7.89. The van der Waals surface area contributed by atoms with E-state index >= 15 is 0 Å². The molecule has 1 unspecified atom stereocenters. The van der Waals surface area contributed by atoms with Gasteiger partial charge in [-0.1, -0.05) is 17.4 Å². The average molecular weight is 504 g/mol. The molecule has 0 bridgehead atoms. The van der Waals surface area contributed by atoms with Gasteiger partial charge in [0.15, 0.2) is 16.3 Å². The predicted octanol–water partition coefficient (Wildman–Crippen LogP) is 3.28. The lowest BCUT2D eigenvalue weighted by atomic mass is 9.99. The van der Waals surface area contributed by atoms with Gasteiger partial charge in [0.25, 0.3) is 5.91 Å². The fourth-order valence-electron chi connectivity index (χ4n) is 4.15. The highest BCUT2D eigenvalue weighted by atomic mass is 32.2. The Bertz CT molecular complexity index is 1440. The van der Waals surface area contributed by atoms with Crippen LogP contribution >= 0.6 is 11.3 Å². The molecule has 178 valence electrons. The second-order valence-corrected chi connectivity index (χ2v) is 11.0. The zero-order valence-corrected chi connectivity index (χ0v) is 19.8. The van der Waals surface area contributed by atoms with E-state index < -0.39 is 21.8 Å². The number of sulfonamides is 1. The molecule has 2 aromatic carbocycles. The molecular weight excluding hydrogens is 481 g/mol. The van der Waals surface area contributed by atoms with Crippen molar-refractivity contribution in [2.24, 2.45) is 10.9 Å². The molecule has 0 saturated carbocycles. The third-order valence-electron chi connectivity index (χ3n) is 5.88. The summed E-state index contributed by atoms with van der Waals surface area (Å²) in [5, 5.41) is 0. The first-order valence-electron chi connectivity index (χ1n) is 10.7. The summed E-state index contributed by atoms with van der Waals surface area (Å²) >= 11 is 1.35. The van der Waals surface area contributed by atoms with Gasteiger partial charge in [-0.2, -0.15) is 9.30 Å². The zero-order chi connectivity index (χ0) is 23.9. The second kappa shape index (κ2) is 8.97. The minimum atomic E-state index is -3.83. The second-order valence-electron chi connectivity index (χ2n) is 8.06. The van der Waals surface area contributed by atoms with Crippen molar-refractivity contribution in [2.75, 3.05) is 19.9 Å². The summed E-state index contributed by atoms with van der Waals surface area (Å²) < 4.78 is 54.2. The van der Waals surface area contributed by atoms with Crippen molar-refractivity contribution in [3.8, 4) is 11.5 Å². The molecule has 1 amide bonds. The van der Waals surface area contributed by atoms with E-state index in [1.807, 2.05) is 16.7 Å². The van der Waals surface area contributed by atoms with Gasteiger partial charge in [0.05, 0.1) is 21.0 Å². The van der Waals surface area contributed by atoms with Crippen LogP contribution in [-0.4, -0.2) is 43.1 Å². The summed E-state index contributed by atoms with van der Waals surface area (Å²) in [6.07, 6.45) is 2.80. The van der Waals surface area contributed by atoms with Crippen LogP contribution in [-0.2, 0) is 21.4 Å². The van der Waals surface area contributed by atoms with Gasteiger partial charge in [-0.3, -0.25) is 4.79 Å². The van der Waals surface area contributed by atoms with Gasteiger partial charge in [0.2, 0.25) is 16.8 Å². The van der Waals surface area contributed by atoms with Crippen LogP contribution in [0.3, 0.4) is 0 Å². The van der Waals surface area contributed by atoms with E-state index in [-0.39, 0.29) is 24.1 Å². The number of hydrogen-bond acceptors (Lipinski definition) is 6. The molecule has 0 N–H and O–H groups in total. The van der Waals surface area contributed by atoms with Gasteiger partial charge in [-0.15, -0.1) is 6.58 Å². The number of ether oxygens (including phenoxy) is 2. The third-order valence-corrected chi connectivity index (χ3v) is 8.80. The number of carbonyl (C=O) groups is 1. The molecule has 1 aromatic heterocycles. The Hall–Kier alpha value is -3.02. The molecular formula is C23H22FN3O5S2. The summed E-state index contributed by atoms with van der Waals surface area (Å²) in [5.74, 6) is -0.170.